The van der Waals surface area contributed by atoms with Gasteiger partial charge in [-0.15, -0.1) is 0 Å². The van der Waals surface area contributed by atoms with Crippen LogP contribution in [0.4, 0.5) is 17.1 Å². The largest absolute Gasteiger partial charge is 0.505 e. The molecule has 0 saturated carbocycles. The first kappa shape index (κ1) is 18.2. The van der Waals surface area contributed by atoms with Crippen LogP contribution in [-0.4, -0.2) is 45.5 Å². The van der Waals surface area contributed by atoms with E-state index in [9.17, 15) is 5.11 Å². The number of nitrogens with zero attached hydrogens (tertiary/aromatic N) is 5. The van der Waals surface area contributed by atoms with E-state index >= 15 is 0 Å². The second kappa shape index (κ2) is 7.18. The van der Waals surface area contributed by atoms with Crippen molar-refractivity contribution in [3.8, 4) is 17.0 Å². The van der Waals surface area contributed by atoms with Gasteiger partial charge in [0.25, 0.3) is 0 Å². The molecule has 2 fully saturated rings. The van der Waals surface area contributed by atoms with Gasteiger partial charge in [-0.2, -0.15) is 10.2 Å². The van der Waals surface area contributed by atoms with Crippen LogP contribution in [0, 0.1) is 0 Å². The van der Waals surface area contributed by atoms with Crippen molar-refractivity contribution in [2.24, 2.45) is 0 Å². The van der Waals surface area contributed by atoms with Crippen molar-refractivity contribution in [1.29, 1.82) is 0 Å². The highest BCUT2D eigenvalue weighted by Crippen LogP contribution is 2.38. The molecule has 2 aliphatic heterocycles. The summed E-state index contributed by atoms with van der Waals surface area (Å²) in [5, 5.41) is 18.7. The number of pyridine rings is 1. The lowest BCUT2D eigenvalue weighted by molar-refractivity contribution is 0.479. The van der Waals surface area contributed by atoms with Gasteiger partial charge in [-0.05, 0) is 59.1 Å². The van der Waals surface area contributed by atoms with E-state index in [0.29, 0.717) is 29.0 Å². The quantitative estimate of drug-likeness (QED) is 0.357. The van der Waals surface area contributed by atoms with Gasteiger partial charge in [0.15, 0.2) is 0 Å². The number of anilines is 3. The number of piperazine rings is 1. The molecule has 3 N–H and O–H groups in total. The van der Waals surface area contributed by atoms with Crippen LogP contribution >= 0.6 is 15.9 Å². The van der Waals surface area contributed by atoms with Crippen molar-refractivity contribution in [1.82, 2.24) is 15.2 Å². The Morgan fingerprint density at radius 2 is 1.86 bits per heavy atom. The van der Waals surface area contributed by atoms with E-state index in [1.807, 2.05) is 24.4 Å². The lowest BCUT2D eigenvalue weighted by atomic mass is 10.1. The molecule has 2 aromatic heterocycles. The van der Waals surface area contributed by atoms with E-state index in [-0.39, 0.29) is 5.75 Å². The number of phenolic OH excluding ortho intramolecular Hbond substituents is 1. The van der Waals surface area contributed by atoms with Gasteiger partial charge in [-0.1, -0.05) is 6.07 Å². The summed E-state index contributed by atoms with van der Waals surface area (Å²) in [6.45, 7) is 1.84. The van der Waals surface area contributed by atoms with Crippen LogP contribution in [0.1, 0.15) is 12.8 Å². The normalized spacial score (nSPS) is 20.9. The van der Waals surface area contributed by atoms with Crippen LogP contribution in [0.5, 0.6) is 5.75 Å². The summed E-state index contributed by atoms with van der Waals surface area (Å²) in [5.41, 5.74) is 9.64. The number of phenols is 1. The minimum absolute atomic E-state index is 0.0482. The standard InChI is InChI=1S/C21H21BrN6O/c22-20-9-13(6-7-24-20)28-14-4-5-15(28)12-27(11-14)16-8-19(26-25-10-16)17-2-1-3-18(23)21(17)29/h1-3,6-10,14-15,29H,4-5,11-12,23H2. The van der Waals surface area contributed by atoms with E-state index in [0.717, 1.165) is 23.4 Å². The molecule has 2 atom stereocenters. The second-order valence-corrected chi connectivity index (χ2v) is 8.39. The molecule has 0 radical (unpaired) electrons. The monoisotopic (exact) mass is 452 g/mol. The number of nitrogens with two attached hydrogens (primary N) is 1. The average molecular weight is 453 g/mol. The summed E-state index contributed by atoms with van der Waals surface area (Å²) >= 11 is 3.49. The number of fused-ring (bicyclic) bond motifs is 2. The number of hydrogen-bond acceptors (Lipinski definition) is 7. The average Bonchev–Trinajstić information content (AvgIpc) is 2.99. The molecule has 2 aliphatic rings. The smallest absolute Gasteiger partial charge is 0.147 e. The van der Waals surface area contributed by atoms with Gasteiger partial charge in [0.05, 0.1) is 23.3 Å². The molecule has 3 aromatic rings. The van der Waals surface area contributed by atoms with E-state index < -0.39 is 0 Å². The molecule has 0 amide bonds. The maximum absolute atomic E-state index is 10.3. The summed E-state index contributed by atoms with van der Waals surface area (Å²) in [5.74, 6) is 0.0482. The third-order valence-electron chi connectivity index (χ3n) is 5.84. The van der Waals surface area contributed by atoms with Gasteiger partial charge < -0.3 is 20.6 Å². The number of benzene rings is 1. The molecule has 0 spiro atoms. The van der Waals surface area contributed by atoms with Crippen molar-refractivity contribution < 1.29 is 5.11 Å². The van der Waals surface area contributed by atoms with Crippen LogP contribution in [0.2, 0.25) is 0 Å². The fourth-order valence-corrected chi connectivity index (χ4v) is 4.87. The van der Waals surface area contributed by atoms with Gasteiger partial charge in [0.2, 0.25) is 0 Å². The first-order valence-electron chi connectivity index (χ1n) is 9.65. The molecule has 2 saturated heterocycles. The van der Waals surface area contributed by atoms with Crippen molar-refractivity contribution in [3.63, 3.8) is 0 Å². The molecule has 4 heterocycles. The van der Waals surface area contributed by atoms with Crippen molar-refractivity contribution in [2.75, 3.05) is 28.6 Å². The van der Waals surface area contributed by atoms with Crippen molar-refractivity contribution >= 4 is 33.0 Å². The van der Waals surface area contributed by atoms with E-state index in [4.69, 9.17) is 5.73 Å². The van der Waals surface area contributed by atoms with Gasteiger partial charge in [0.1, 0.15) is 10.4 Å². The second-order valence-electron chi connectivity index (χ2n) is 7.58. The molecular weight excluding hydrogens is 432 g/mol. The first-order valence-corrected chi connectivity index (χ1v) is 10.4. The SMILES string of the molecule is Nc1cccc(-c2cc(N3CC4CCC(C3)N4c3ccnc(Br)c3)cnn2)c1O. The zero-order chi connectivity index (χ0) is 20.0. The summed E-state index contributed by atoms with van der Waals surface area (Å²) < 4.78 is 0.863. The predicted molar refractivity (Wildman–Crippen MR) is 117 cm³/mol. The Bertz CT molecular complexity index is 1050. The van der Waals surface area contributed by atoms with Crippen LogP contribution in [0.3, 0.4) is 0 Å². The maximum atomic E-state index is 10.3. The molecule has 7 nitrogen and oxygen atoms in total. The molecular formula is C21H21BrN6O. The van der Waals surface area contributed by atoms with Gasteiger partial charge in [0, 0.05) is 42.6 Å². The summed E-state index contributed by atoms with van der Waals surface area (Å²) in [4.78, 5) is 9.16. The summed E-state index contributed by atoms with van der Waals surface area (Å²) in [7, 11) is 0. The van der Waals surface area contributed by atoms with Crippen LogP contribution < -0.4 is 15.5 Å². The molecule has 2 unspecified atom stereocenters. The highest BCUT2D eigenvalue weighted by atomic mass is 79.9. The van der Waals surface area contributed by atoms with E-state index in [2.05, 4.69) is 53.0 Å². The molecule has 0 aliphatic carbocycles. The van der Waals surface area contributed by atoms with Gasteiger partial charge in [-0.3, -0.25) is 0 Å². The number of hydrogen-bond donors (Lipinski definition) is 2. The summed E-state index contributed by atoms with van der Waals surface area (Å²) in [6.07, 6.45) is 5.98. The molecule has 2 bridgehead atoms. The van der Waals surface area contributed by atoms with Gasteiger partial charge >= 0.3 is 0 Å². The highest BCUT2D eigenvalue weighted by Gasteiger charge is 2.40. The fourth-order valence-electron chi connectivity index (χ4n) is 4.52. The summed E-state index contributed by atoms with van der Waals surface area (Å²) in [6, 6.07) is 12.3. The van der Waals surface area contributed by atoms with Crippen LogP contribution in [0.15, 0.2) is 53.4 Å². The third kappa shape index (κ3) is 3.27. The Hall–Kier alpha value is -2.87. The Morgan fingerprint density at radius 3 is 2.62 bits per heavy atom. The Morgan fingerprint density at radius 1 is 1.07 bits per heavy atom. The Labute approximate surface area is 177 Å². The number of nitrogen functional groups attached to an aromatic ring is 1. The van der Waals surface area contributed by atoms with E-state index in [1.54, 1.807) is 12.3 Å². The number of rotatable bonds is 3. The minimum atomic E-state index is 0.0482. The van der Waals surface area contributed by atoms with Crippen LogP contribution in [-0.2, 0) is 0 Å². The van der Waals surface area contributed by atoms with Crippen LogP contribution in [0.25, 0.3) is 11.3 Å². The molecule has 148 valence electrons. The minimum Gasteiger partial charge on any atom is -0.505 e. The first-order chi connectivity index (χ1) is 14.1. The van der Waals surface area contributed by atoms with E-state index in [1.165, 1.54) is 18.5 Å². The predicted octanol–water partition coefficient (Wildman–Crippen LogP) is 3.45. The molecule has 1 aromatic carbocycles. The van der Waals surface area contributed by atoms with Crippen molar-refractivity contribution in [3.05, 3.63) is 53.4 Å². The molecule has 5 rings (SSSR count). The third-order valence-corrected chi connectivity index (χ3v) is 6.27. The number of halogens is 1. The highest BCUT2D eigenvalue weighted by molar-refractivity contribution is 9.10. The Kier molecular flexibility index (Phi) is 4.50. The molecule has 29 heavy (non-hydrogen) atoms. The Balaban J connectivity index is 1.42. The zero-order valence-corrected chi connectivity index (χ0v) is 17.3. The maximum Gasteiger partial charge on any atom is 0.147 e. The number of aromatic nitrogens is 3. The number of para-hydroxylation sites is 1. The fraction of sp³-hybridized carbons (Fsp3) is 0.286. The lowest BCUT2D eigenvalue weighted by Crippen LogP contribution is -2.54. The zero-order valence-electron chi connectivity index (χ0n) is 15.7. The topological polar surface area (TPSA) is 91.4 Å². The van der Waals surface area contributed by atoms with Gasteiger partial charge in [-0.25, -0.2) is 4.98 Å². The lowest BCUT2D eigenvalue weighted by Gasteiger charge is -2.43. The molecule has 8 heteroatoms. The van der Waals surface area contributed by atoms with Crippen molar-refractivity contribution in [2.45, 2.75) is 24.9 Å². The number of aromatic hydroxyl groups is 1.